The summed E-state index contributed by atoms with van der Waals surface area (Å²) in [4.78, 5) is 26.6. The van der Waals surface area contributed by atoms with Gasteiger partial charge in [0.1, 0.15) is 11.5 Å². The van der Waals surface area contributed by atoms with E-state index in [2.05, 4.69) is 15.5 Å². The lowest BCUT2D eigenvalue weighted by atomic mass is 10.0. The fraction of sp³-hybridized carbons (Fsp3) is 0.105. The fourth-order valence-corrected chi connectivity index (χ4v) is 2.43. The highest BCUT2D eigenvalue weighted by Gasteiger charge is 2.19. The Labute approximate surface area is 154 Å². The topological polar surface area (TPSA) is 111 Å². The van der Waals surface area contributed by atoms with E-state index < -0.39 is 10.8 Å². The normalized spacial score (nSPS) is 10.9. The van der Waals surface area contributed by atoms with Crippen LogP contribution in [0, 0.1) is 24.0 Å². The third-order valence-corrected chi connectivity index (χ3v) is 3.98. The summed E-state index contributed by atoms with van der Waals surface area (Å²) in [5, 5.41) is 15.2. The number of rotatable bonds is 5. The Balaban J connectivity index is 1.78. The number of aryl methyl sites for hydroxylation is 2. The van der Waals surface area contributed by atoms with Crippen molar-refractivity contribution in [2.45, 2.75) is 13.8 Å². The number of aromatic nitrogens is 1. The highest BCUT2D eigenvalue weighted by molar-refractivity contribution is 5.94. The predicted molar refractivity (Wildman–Crippen MR) is 99.6 cm³/mol. The van der Waals surface area contributed by atoms with E-state index in [9.17, 15) is 14.9 Å². The first-order chi connectivity index (χ1) is 13.0. The van der Waals surface area contributed by atoms with E-state index >= 15 is 0 Å². The van der Waals surface area contributed by atoms with Crippen LogP contribution >= 0.6 is 0 Å². The Hall–Kier alpha value is -3.81. The molecule has 0 aliphatic heterocycles. The third kappa shape index (κ3) is 4.06. The minimum atomic E-state index is -0.438. The maximum atomic E-state index is 11.9. The number of pyridine rings is 1. The molecule has 0 saturated heterocycles. The monoisotopic (exact) mass is 364 g/mol. The van der Waals surface area contributed by atoms with E-state index in [4.69, 9.17) is 4.42 Å². The smallest absolute Gasteiger partial charge is 0.280 e. The van der Waals surface area contributed by atoms with Gasteiger partial charge >= 0.3 is 0 Å². The van der Waals surface area contributed by atoms with Gasteiger partial charge in [-0.05, 0) is 55.3 Å². The summed E-state index contributed by atoms with van der Waals surface area (Å²) >= 11 is 0. The van der Waals surface area contributed by atoms with Crippen molar-refractivity contribution in [3.05, 3.63) is 81.4 Å². The molecule has 2 aromatic heterocycles. The van der Waals surface area contributed by atoms with Gasteiger partial charge in [0, 0.05) is 18.5 Å². The standard InChI is InChI=1S/C19H16N4O4/c1-12-8-16(17(23(25)26)9-13(12)2)18-6-5-15(27-18)11-21-22-19(24)14-4-3-7-20-10-14/h3-11H,1-2H3,(H,22,24). The van der Waals surface area contributed by atoms with Crippen molar-refractivity contribution in [1.29, 1.82) is 0 Å². The van der Waals surface area contributed by atoms with Gasteiger partial charge in [-0.25, -0.2) is 5.43 Å². The van der Waals surface area contributed by atoms with Crippen LogP contribution in [0.1, 0.15) is 27.2 Å². The summed E-state index contributed by atoms with van der Waals surface area (Å²) in [6.07, 6.45) is 4.32. The number of amides is 1. The molecule has 3 rings (SSSR count). The summed E-state index contributed by atoms with van der Waals surface area (Å²) in [6.45, 7) is 3.69. The molecule has 8 heteroatoms. The minimum absolute atomic E-state index is 0.0270. The van der Waals surface area contributed by atoms with Gasteiger partial charge in [0.2, 0.25) is 0 Å². The first-order valence-corrected chi connectivity index (χ1v) is 8.05. The maximum absolute atomic E-state index is 11.9. The van der Waals surface area contributed by atoms with Crippen molar-refractivity contribution in [3.8, 4) is 11.3 Å². The van der Waals surface area contributed by atoms with Crippen molar-refractivity contribution in [2.24, 2.45) is 5.10 Å². The number of carbonyl (C=O) groups excluding carboxylic acids is 1. The molecule has 0 radical (unpaired) electrons. The second-order valence-corrected chi connectivity index (χ2v) is 5.85. The second kappa shape index (κ2) is 7.61. The first kappa shape index (κ1) is 18.0. The number of hydrogen-bond donors (Lipinski definition) is 1. The van der Waals surface area contributed by atoms with Crippen molar-refractivity contribution in [1.82, 2.24) is 10.4 Å². The summed E-state index contributed by atoms with van der Waals surface area (Å²) in [6, 6.07) is 9.75. The van der Waals surface area contributed by atoms with Crippen LogP contribution in [0.15, 0.2) is 58.3 Å². The van der Waals surface area contributed by atoms with Crippen LogP contribution in [0.3, 0.4) is 0 Å². The minimum Gasteiger partial charge on any atom is -0.455 e. The van der Waals surface area contributed by atoms with Crippen LogP contribution < -0.4 is 5.43 Å². The molecule has 1 N–H and O–H groups in total. The van der Waals surface area contributed by atoms with E-state index in [0.717, 1.165) is 11.1 Å². The van der Waals surface area contributed by atoms with Gasteiger partial charge in [0.15, 0.2) is 0 Å². The Kier molecular flexibility index (Phi) is 5.07. The SMILES string of the molecule is Cc1cc(-c2ccc(C=NNC(=O)c3cccnc3)o2)c([N+](=O)[O-])cc1C. The van der Waals surface area contributed by atoms with Crippen LogP contribution in [-0.4, -0.2) is 22.0 Å². The lowest BCUT2D eigenvalue weighted by Crippen LogP contribution is -2.17. The van der Waals surface area contributed by atoms with Crippen molar-refractivity contribution >= 4 is 17.8 Å². The molecule has 27 heavy (non-hydrogen) atoms. The molecule has 0 fully saturated rings. The highest BCUT2D eigenvalue weighted by atomic mass is 16.6. The lowest BCUT2D eigenvalue weighted by Gasteiger charge is -2.04. The van der Waals surface area contributed by atoms with Crippen LogP contribution in [0.2, 0.25) is 0 Å². The summed E-state index contributed by atoms with van der Waals surface area (Å²) in [5.74, 6) is 0.296. The third-order valence-electron chi connectivity index (χ3n) is 3.98. The van der Waals surface area contributed by atoms with E-state index in [1.54, 1.807) is 36.5 Å². The molecule has 0 spiro atoms. The second-order valence-electron chi connectivity index (χ2n) is 5.85. The van der Waals surface area contributed by atoms with E-state index in [0.29, 0.717) is 22.6 Å². The van der Waals surface area contributed by atoms with Gasteiger partial charge < -0.3 is 4.42 Å². The molecule has 0 atom stereocenters. The van der Waals surface area contributed by atoms with Crippen molar-refractivity contribution in [2.75, 3.05) is 0 Å². The predicted octanol–water partition coefficient (Wildman–Crippen LogP) is 3.63. The van der Waals surface area contributed by atoms with Crippen LogP contribution in [-0.2, 0) is 0 Å². The molecule has 0 unspecified atom stereocenters. The number of nitro groups is 1. The molecule has 0 saturated carbocycles. The molecular formula is C19H16N4O4. The van der Waals surface area contributed by atoms with Gasteiger partial charge in [-0.2, -0.15) is 5.10 Å². The average molecular weight is 364 g/mol. The largest absolute Gasteiger partial charge is 0.455 e. The number of hydrogen-bond acceptors (Lipinski definition) is 6. The number of carbonyl (C=O) groups is 1. The molecule has 0 aliphatic carbocycles. The summed E-state index contributed by atoms with van der Waals surface area (Å²) in [5.41, 5.74) is 4.86. The van der Waals surface area contributed by atoms with Gasteiger partial charge in [-0.3, -0.25) is 19.9 Å². The van der Waals surface area contributed by atoms with Crippen molar-refractivity contribution < 1.29 is 14.1 Å². The lowest BCUT2D eigenvalue weighted by molar-refractivity contribution is -0.384. The van der Waals surface area contributed by atoms with Crippen molar-refractivity contribution in [3.63, 3.8) is 0 Å². The summed E-state index contributed by atoms with van der Waals surface area (Å²) in [7, 11) is 0. The van der Waals surface area contributed by atoms with Gasteiger partial charge in [-0.15, -0.1) is 0 Å². The Bertz CT molecular complexity index is 1030. The molecule has 8 nitrogen and oxygen atoms in total. The quantitative estimate of drug-likeness (QED) is 0.422. The molecule has 2 heterocycles. The van der Waals surface area contributed by atoms with E-state index in [-0.39, 0.29) is 5.69 Å². The number of nitrogens with zero attached hydrogens (tertiary/aromatic N) is 3. The van der Waals surface area contributed by atoms with Gasteiger partial charge in [0.05, 0.1) is 22.3 Å². The maximum Gasteiger partial charge on any atom is 0.280 e. The van der Waals surface area contributed by atoms with Crippen LogP contribution in [0.25, 0.3) is 11.3 Å². The molecule has 0 aliphatic rings. The van der Waals surface area contributed by atoms with Crippen LogP contribution in [0.5, 0.6) is 0 Å². The molecule has 136 valence electrons. The summed E-state index contributed by atoms with van der Waals surface area (Å²) < 4.78 is 5.63. The number of benzene rings is 1. The zero-order valence-corrected chi connectivity index (χ0v) is 14.7. The Morgan fingerprint density at radius 1 is 1.26 bits per heavy atom. The number of nitro benzene ring substituents is 1. The number of nitrogens with one attached hydrogen (secondary N) is 1. The molecule has 3 aromatic rings. The fourth-order valence-electron chi connectivity index (χ4n) is 2.43. The van der Waals surface area contributed by atoms with Crippen LogP contribution in [0.4, 0.5) is 5.69 Å². The molecule has 0 bridgehead atoms. The molecule has 1 aromatic carbocycles. The zero-order chi connectivity index (χ0) is 19.4. The van der Waals surface area contributed by atoms with E-state index in [1.807, 2.05) is 13.8 Å². The van der Waals surface area contributed by atoms with Gasteiger partial charge in [0.25, 0.3) is 11.6 Å². The Morgan fingerprint density at radius 3 is 2.74 bits per heavy atom. The molecular weight excluding hydrogens is 348 g/mol. The molecule has 1 amide bonds. The highest BCUT2D eigenvalue weighted by Crippen LogP contribution is 2.33. The average Bonchev–Trinajstić information content (AvgIpc) is 3.12. The van der Waals surface area contributed by atoms with E-state index in [1.165, 1.54) is 18.5 Å². The number of hydrazone groups is 1. The first-order valence-electron chi connectivity index (χ1n) is 8.05. The van der Waals surface area contributed by atoms with Gasteiger partial charge in [-0.1, -0.05) is 0 Å². The number of furan rings is 1. The zero-order valence-electron chi connectivity index (χ0n) is 14.7. The Morgan fingerprint density at radius 2 is 2.04 bits per heavy atom.